The standard InChI is InChI=1S/C10H12O4/c11-9-6-3-1-2-4-8(6)14-5-7(9)10(12)13/h5-6,8H,1-4H2,(H,12,13). The third-order valence-corrected chi connectivity index (χ3v) is 2.90. The molecule has 0 amide bonds. The van der Waals surface area contributed by atoms with Crippen molar-refractivity contribution in [2.45, 2.75) is 31.8 Å². The Bertz CT molecular complexity index is 305. The lowest BCUT2D eigenvalue weighted by Crippen LogP contribution is -2.38. The molecule has 1 aliphatic heterocycles. The normalized spacial score (nSPS) is 31.4. The molecule has 0 bridgehead atoms. The molecule has 2 aliphatic rings. The molecule has 2 atom stereocenters. The van der Waals surface area contributed by atoms with Crippen molar-refractivity contribution in [3.05, 3.63) is 11.8 Å². The maximum atomic E-state index is 11.7. The minimum absolute atomic E-state index is 0.0839. The second kappa shape index (κ2) is 3.44. The first-order valence-electron chi connectivity index (χ1n) is 4.83. The lowest BCUT2D eigenvalue weighted by molar-refractivity contribution is -0.138. The Morgan fingerprint density at radius 1 is 1.43 bits per heavy atom. The van der Waals surface area contributed by atoms with Crippen molar-refractivity contribution in [2.75, 3.05) is 0 Å². The van der Waals surface area contributed by atoms with Crippen LogP contribution in [0.4, 0.5) is 0 Å². The molecule has 0 spiro atoms. The highest BCUT2D eigenvalue weighted by molar-refractivity contribution is 6.17. The highest BCUT2D eigenvalue weighted by atomic mass is 16.5. The first-order valence-corrected chi connectivity index (χ1v) is 4.83. The number of fused-ring (bicyclic) bond motifs is 1. The number of hydrogen-bond donors (Lipinski definition) is 1. The number of carbonyl (C=O) groups excluding carboxylic acids is 1. The average molecular weight is 196 g/mol. The lowest BCUT2D eigenvalue weighted by Gasteiger charge is -2.32. The van der Waals surface area contributed by atoms with Gasteiger partial charge in [0.15, 0.2) is 5.78 Å². The Morgan fingerprint density at radius 3 is 2.86 bits per heavy atom. The molecular formula is C10H12O4. The van der Waals surface area contributed by atoms with Crippen LogP contribution in [0, 0.1) is 5.92 Å². The summed E-state index contributed by atoms with van der Waals surface area (Å²) in [5.74, 6) is -1.66. The van der Waals surface area contributed by atoms with E-state index in [0.29, 0.717) is 0 Å². The Hall–Kier alpha value is -1.32. The van der Waals surface area contributed by atoms with Crippen LogP contribution in [0.1, 0.15) is 25.7 Å². The van der Waals surface area contributed by atoms with Crippen LogP contribution in [0.3, 0.4) is 0 Å². The van der Waals surface area contributed by atoms with Gasteiger partial charge in [0.2, 0.25) is 0 Å². The first-order chi connectivity index (χ1) is 6.70. The Labute approximate surface area is 81.6 Å². The molecule has 2 unspecified atom stereocenters. The van der Waals surface area contributed by atoms with E-state index >= 15 is 0 Å². The van der Waals surface area contributed by atoms with E-state index in [0.717, 1.165) is 31.9 Å². The van der Waals surface area contributed by atoms with Crippen molar-refractivity contribution in [3.63, 3.8) is 0 Å². The molecule has 1 saturated carbocycles. The highest BCUT2D eigenvalue weighted by Crippen LogP contribution is 2.32. The molecule has 14 heavy (non-hydrogen) atoms. The average Bonchev–Trinajstić information content (AvgIpc) is 2.18. The van der Waals surface area contributed by atoms with Gasteiger partial charge in [-0.1, -0.05) is 6.42 Å². The fraction of sp³-hybridized carbons (Fsp3) is 0.600. The topological polar surface area (TPSA) is 63.6 Å². The summed E-state index contributed by atoms with van der Waals surface area (Å²) in [4.78, 5) is 22.3. The summed E-state index contributed by atoms with van der Waals surface area (Å²) < 4.78 is 5.26. The van der Waals surface area contributed by atoms with Crippen LogP contribution in [0.2, 0.25) is 0 Å². The largest absolute Gasteiger partial charge is 0.496 e. The van der Waals surface area contributed by atoms with E-state index < -0.39 is 5.97 Å². The number of rotatable bonds is 1. The third kappa shape index (κ3) is 1.41. The van der Waals surface area contributed by atoms with Gasteiger partial charge in [0.25, 0.3) is 0 Å². The van der Waals surface area contributed by atoms with Crippen LogP contribution in [0.25, 0.3) is 0 Å². The van der Waals surface area contributed by atoms with E-state index in [-0.39, 0.29) is 23.4 Å². The smallest absolute Gasteiger partial charge is 0.342 e. The number of carboxylic acids is 1. The Morgan fingerprint density at radius 2 is 2.14 bits per heavy atom. The zero-order valence-corrected chi connectivity index (χ0v) is 7.73. The number of aliphatic carboxylic acids is 1. The monoisotopic (exact) mass is 196 g/mol. The number of carbonyl (C=O) groups is 2. The summed E-state index contributed by atoms with van der Waals surface area (Å²) in [5.41, 5.74) is -0.201. The lowest BCUT2D eigenvalue weighted by atomic mass is 9.80. The first kappa shape index (κ1) is 9.24. The molecule has 4 nitrogen and oxygen atoms in total. The number of ketones is 1. The minimum atomic E-state index is -1.18. The quantitative estimate of drug-likeness (QED) is 0.638. The molecule has 0 aromatic heterocycles. The molecule has 76 valence electrons. The molecule has 4 heteroatoms. The van der Waals surface area contributed by atoms with Crippen LogP contribution >= 0.6 is 0 Å². The van der Waals surface area contributed by atoms with Gasteiger partial charge in [-0.15, -0.1) is 0 Å². The van der Waals surface area contributed by atoms with Gasteiger partial charge in [-0.05, 0) is 19.3 Å². The number of ether oxygens (including phenoxy) is 1. The zero-order chi connectivity index (χ0) is 10.1. The number of Topliss-reactive ketones (excluding diaryl/α,β-unsaturated/α-hetero) is 1. The molecule has 1 fully saturated rings. The van der Waals surface area contributed by atoms with Gasteiger partial charge in [0, 0.05) is 0 Å². The van der Waals surface area contributed by atoms with E-state index in [1.54, 1.807) is 0 Å². The van der Waals surface area contributed by atoms with E-state index in [9.17, 15) is 9.59 Å². The molecular weight excluding hydrogens is 184 g/mol. The summed E-state index contributed by atoms with van der Waals surface area (Å²) in [6.07, 6.45) is 4.69. The van der Waals surface area contributed by atoms with Gasteiger partial charge < -0.3 is 9.84 Å². The van der Waals surface area contributed by atoms with E-state index in [2.05, 4.69) is 0 Å². The van der Waals surface area contributed by atoms with Crippen molar-refractivity contribution in [3.8, 4) is 0 Å². The molecule has 1 N–H and O–H groups in total. The summed E-state index contributed by atoms with van der Waals surface area (Å²) >= 11 is 0. The van der Waals surface area contributed by atoms with Gasteiger partial charge in [0.1, 0.15) is 17.9 Å². The number of hydrogen-bond acceptors (Lipinski definition) is 3. The summed E-state index contributed by atoms with van der Waals surface area (Å²) in [6, 6.07) is 0. The van der Waals surface area contributed by atoms with Crippen molar-refractivity contribution in [2.24, 2.45) is 5.92 Å². The molecule has 1 aliphatic carbocycles. The highest BCUT2D eigenvalue weighted by Gasteiger charge is 2.38. The predicted molar refractivity (Wildman–Crippen MR) is 47.6 cm³/mol. The van der Waals surface area contributed by atoms with Crippen LogP contribution in [-0.4, -0.2) is 23.0 Å². The maximum absolute atomic E-state index is 11.7. The second-order valence-corrected chi connectivity index (χ2v) is 3.77. The van der Waals surface area contributed by atoms with Gasteiger partial charge in [-0.2, -0.15) is 0 Å². The molecule has 1 heterocycles. The summed E-state index contributed by atoms with van der Waals surface area (Å²) in [7, 11) is 0. The SMILES string of the molecule is O=C(O)C1=COC2CCCCC2C1=O. The predicted octanol–water partition coefficient (Wildman–Crippen LogP) is 1.11. The van der Waals surface area contributed by atoms with Crippen LogP contribution in [0.5, 0.6) is 0 Å². The molecule has 2 rings (SSSR count). The van der Waals surface area contributed by atoms with Crippen LogP contribution < -0.4 is 0 Å². The minimum Gasteiger partial charge on any atom is -0.496 e. The van der Waals surface area contributed by atoms with Gasteiger partial charge in [-0.3, -0.25) is 4.79 Å². The molecule has 0 aromatic carbocycles. The van der Waals surface area contributed by atoms with Crippen molar-refractivity contribution in [1.29, 1.82) is 0 Å². The van der Waals surface area contributed by atoms with E-state index in [1.807, 2.05) is 0 Å². The van der Waals surface area contributed by atoms with E-state index in [1.165, 1.54) is 0 Å². The van der Waals surface area contributed by atoms with Gasteiger partial charge in [0.05, 0.1) is 5.92 Å². The molecule has 0 aromatic rings. The maximum Gasteiger partial charge on any atom is 0.342 e. The van der Waals surface area contributed by atoms with Crippen molar-refractivity contribution >= 4 is 11.8 Å². The number of carboxylic acid groups (broad SMARTS) is 1. The zero-order valence-electron chi connectivity index (χ0n) is 7.73. The van der Waals surface area contributed by atoms with Gasteiger partial charge in [-0.25, -0.2) is 4.79 Å². The fourth-order valence-electron chi connectivity index (χ4n) is 2.13. The summed E-state index contributed by atoms with van der Waals surface area (Å²) in [6.45, 7) is 0. The molecule has 0 saturated heterocycles. The van der Waals surface area contributed by atoms with Crippen LogP contribution in [-0.2, 0) is 14.3 Å². The molecule has 0 radical (unpaired) electrons. The van der Waals surface area contributed by atoms with Gasteiger partial charge >= 0.3 is 5.97 Å². The van der Waals surface area contributed by atoms with E-state index in [4.69, 9.17) is 9.84 Å². The second-order valence-electron chi connectivity index (χ2n) is 3.77. The Balaban J connectivity index is 2.22. The third-order valence-electron chi connectivity index (χ3n) is 2.90. The summed E-state index contributed by atoms with van der Waals surface area (Å²) in [5, 5.41) is 8.73. The van der Waals surface area contributed by atoms with Crippen LogP contribution in [0.15, 0.2) is 11.8 Å². The van der Waals surface area contributed by atoms with Crippen molar-refractivity contribution < 1.29 is 19.4 Å². The fourth-order valence-corrected chi connectivity index (χ4v) is 2.13. The Kier molecular flexibility index (Phi) is 2.27. The van der Waals surface area contributed by atoms with Crippen molar-refractivity contribution in [1.82, 2.24) is 0 Å².